The van der Waals surface area contributed by atoms with Gasteiger partial charge in [0.1, 0.15) is 0 Å². The Morgan fingerprint density at radius 3 is 2.46 bits per heavy atom. The number of piperidine rings is 1. The van der Waals surface area contributed by atoms with Gasteiger partial charge in [-0.2, -0.15) is 0 Å². The minimum absolute atomic E-state index is 0.840. The summed E-state index contributed by atoms with van der Waals surface area (Å²) in [7, 11) is 0. The van der Waals surface area contributed by atoms with Crippen LogP contribution in [0.2, 0.25) is 0 Å². The van der Waals surface area contributed by atoms with E-state index in [1.54, 1.807) is 0 Å². The Bertz CT molecular complexity index is 142. The second-order valence-electron chi connectivity index (χ2n) is 4.95. The van der Waals surface area contributed by atoms with Crippen molar-refractivity contribution in [3.8, 4) is 0 Å². The molecule has 3 unspecified atom stereocenters. The molecule has 0 aromatic heterocycles. The van der Waals surface area contributed by atoms with E-state index in [0.717, 1.165) is 23.7 Å². The summed E-state index contributed by atoms with van der Waals surface area (Å²) in [6.45, 7) is 12.0. The van der Waals surface area contributed by atoms with Crippen molar-refractivity contribution in [2.45, 2.75) is 40.5 Å². The molecule has 0 amide bonds. The van der Waals surface area contributed by atoms with E-state index >= 15 is 0 Å². The zero-order chi connectivity index (χ0) is 9.84. The fourth-order valence-electron chi connectivity index (χ4n) is 2.64. The van der Waals surface area contributed by atoms with Gasteiger partial charge in [-0.15, -0.1) is 0 Å². The highest BCUT2D eigenvalue weighted by Gasteiger charge is 2.30. The van der Waals surface area contributed by atoms with Gasteiger partial charge >= 0.3 is 0 Å². The summed E-state index contributed by atoms with van der Waals surface area (Å²) in [5.74, 6) is 3.62. The predicted octanol–water partition coefficient (Wildman–Crippen LogP) is 2.91. The first kappa shape index (κ1) is 11.0. The lowest BCUT2D eigenvalue weighted by Crippen LogP contribution is -2.41. The van der Waals surface area contributed by atoms with Gasteiger partial charge in [-0.25, -0.2) is 0 Å². The lowest BCUT2D eigenvalue weighted by molar-refractivity contribution is 0.139. The third-order valence-electron chi connectivity index (χ3n) is 3.82. The molecule has 0 spiro atoms. The van der Waals surface area contributed by atoms with Crippen LogP contribution in [-0.4, -0.2) is 13.1 Å². The molecule has 1 fully saturated rings. The van der Waals surface area contributed by atoms with Crippen molar-refractivity contribution >= 4 is 0 Å². The third-order valence-corrected chi connectivity index (χ3v) is 3.82. The van der Waals surface area contributed by atoms with Crippen LogP contribution >= 0.6 is 0 Å². The highest BCUT2D eigenvalue weighted by Crippen LogP contribution is 2.33. The highest BCUT2D eigenvalue weighted by molar-refractivity contribution is 4.82. The summed E-state index contributed by atoms with van der Waals surface area (Å²) in [6, 6.07) is 0. The van der Waals surface area contributed by atoms with Crippen LogP contribution in [0.3, 0.4) is 0 Å². The molecule has 0 aliphatic carbocycles. The van der Waals surface area contributed by atoms with Crippen LogP contribution in [0.15, 0.2) is 0 Å². The molecule has 1 heterocycles. The Morgan fingerprint density at radius 2 is 1.92 bits per heavy atom. The number of hydrogen-bond donors (Lipinski definition) is 1. The summed E-state index contributed by atoms with van der Waals surface area (Å²) in [6.07, 6.45) is 2.73. The average molecular weight is 183 g/mol. The fourth-order valence-corrected chi connectivity index (χ4v) is 2.64. The van der Waals surface area contributed by atoms with Crippen molar-refractivity contribution in [3.05, 3.63) is 0 Å². The monoisotopic (exact) mass is 183 g/mol. The van der Waals surface area contributed by atoms with Gasteiger partial charge in [0.2, 0.25) is 0 Å². The molecule has 0 bridgehead atoms. The molecule has 3 atom stereocenters. The zero-order valence-corrected chi connectivity index (χ0v) is 9.64. The molecule has 0 radical (unpaired) electrons. The first-order valence-corrected chi connectivity index (χ1v) is 5.87. The van der Waals surface area contributed by atoms with E-state index in [9.17, 15) is 0 Å². The Hall–Kier alpha value is -0.0400. The molecule has 1 heteroatoms. The molecule has 1 N–H and O–H groups in total. The van der Waals surface area contributed by atoms with Crippen LogP contribution in [0.1, 0.15) is 40.5 Å². The van der Waals surface area contributed by atoms with Gasteiger partial charge in [-0.1, -0.05) is 34.1 Å². The first-order valence-electron chi connectivity index (χ1n) is 5.87. The summed E-state index contributed by atoms with van der Waals surface area (Å²) in [5.41, 5.74) is 0. The van der Waals surface area contributed by atoms with E-state index in [-0.39, 0.29) is 0 Å². The summed E-state index contributed by atoms with van der Waals surface area (Å²) >= 11 is 0. The van der Waals surface area contributed by atoms with Gasteiger partial charge in [-0.3, -0.25) is 0 Å². The Labute approximate surface area is 83.3 Å². The lowest BCUT2D eigenvalue weighted by atomic mass is 9.72. The van der Waals surface area contributed by atoms with Crippen LogP contribution in [0.4, 0.5) is 0 Å². The van der Waals surface area contributed by atoms with Crippen molar-refractivity contribution in [1.29, 1.82) is 0 Å². The van der Waals surface area contributed by atoms with Gasteiger partial charge in [0.05, 0.1) is 0 Å². The maximum atomic E-state index is 3.53. The zero-order valence-electron chi connectivity index (χ0n) is 9.64. The maximum absolute atomic E-state index is 3.53. The molecule has 1 rings (SSSR count). The van der Waals surface area contributed by atoms with Crippen LogP contribution in [-0.2, 0) is 0 Å². The smallest absolute Gasteiger partial charge is 0.00153 e. The largest absolute Gasteiger partial charge is 0.316 e. The average Bonchev–Trinajstić information content (AvgIpc) is 2.16. The number of hydrogen-bond acceptors (Lipinski definition) is 1. The van der Waals surface area contributed by atoms with Crippen molar-refractivity contribution < 1.29 is 0 Å². The Morgan fingerprint density at radius 1 is 1.23 bits per heavy atom. The Kier molecular flexibility index (Phi) is 4.24. The molecule has 0 aromatic rings. The molecule has 0 saturated carbocycles. The van der Waals surface area contributed by atoms with Crippen molar-refractivity contribution in [2.24, 2.45) is 23.7 Å². The Balaban J connectivity index is 2.56. The van der Waals surface area contributed by atoms with E-state index in [4.69, 9.17) is 0 Å². The minimum atomic E-state index is 0.840. The third kappa shape index (κ3) is 2.70. The molecule has 1 saturated heterocycles. The minimum Gasteiger partial charge on any atom is -0.316 e. The second-order valence-corrected chi connectivity index (χ2v) is 4.95. The molecular formula is C12H25N. The van der Waals surface area contributed by atoms with Gasteiger partial charge in [-0.05, 0) is 43.2 Å². The van der Waals surface area contributed by atoms with E-state index < -0.39 is 0 Å². The van der Waals surface area contributed by atoms with Gasteiger partial charge in [0.15, 0.2) is 0 Å². The topological polar surface area (TPSA) is 12.0 Å². The number of nitrogens with one attached hydrogen (secondary N) is 1. The lowest BCUT2D eigenvalue weighted by Gasteiger charge is -2.38. The van der Waals surface area contributed by atoms with Crippen molar-refractivity contribution in [2.75, 3.05) is 13.1 Å². The summed E-state index contributed by atoms with van der Waals surface area (Å²) in [5, 5.41) is 3.53. The van der Waals surface area contributed by atoms with E-state index in [2.05, 4.69) is 33.0 Å². The number of rotatable bonds is 3. The van der Waals surface area contributed by atoms with E-state index in [0.29, 0.717) is 0 Å². The van der Waals surface area contributed by atoms with Crippen molar-refractivity contribution in [3.63, 3.8) is 0 Å². The van der Waals surface area contributed by atoms with E-state index in [1.807, 2.05) is 0 Å². The highest BCUT2D eigenvalue weighted by atomic mass is 14.9. The second kappa shape index (κ2) is 4.99. The maximum Gasteiger partial charge on any atom is -0.00153 e. The predicted molar refractivity (Wildman–Crippen MR) is 58.8 cm³/mol. The molecule has 1 aliphatic rings. The van der Waals surface area contributed by atoms with Gasteiger partial charge in [0.25, 0.3) is 0 Å². The van der Waals surface area contributed by atoms with Crippen LogP contribution in [0, 0.1) is 23.7 Å². The van der Waals surface area contributed by atoms with Crippen LogP contribution < -0.4 is 5.32 Å². The summed E-state index contributed by atoms with van der Waals surface area (Å²) in [4.78, 5) is 0. The molecular weight excluding hydrogens is 158 g/mol. The first-order chi connectivity index (χ1) is 6.16. The fraction of sp³-hybridized carbons (Fsp3) is 1.00. The molecule has 1 aliphatic heterocycles. The quantitative estimate of drug-likeness (QED) is 0.709. The summed E-state index contributed by atoms with van der Waals surface area (Å²) < 4.78 is 0. The van der Waals surface area contributed by atoms with Gasteiger partial charge in [0, 0.05) is 0 Å². The normalized spacial score (nSPS) is 32.1. The SMILES string of the molecule is CCC(C)C1CCNCC1C(C)C. The van der Waals surface area contributed by atoms with Crippen molar-refractivity contribution in [1.82, 2.24) is 5.32 Å². The van der Waals surface area contributed by atoms with Crippen LogP contribution in [0.25, 0.3) is 0 Å². The molecule has 13 heavy (non-hydrogen) atoms. The molecule has 78 valence electrons. The van der Waals surface area contributed by atoms with E-state index in [1.165, 1.54) is 25.9 Å². The molecule has 0 aromatic carbocycles. The van der Waals surface area contributed by atoms with Gasteiger partial charge < -0.3 is 5.32 Å². The van der Waals surface area contributed by atoms with Crippen LogP contribution in [0.5, 0.6) is 0 Å². The standard InChI is InChI=1S/C12H25N/c1-5-10(4)11-6-7-13-8-12(11)9(2)3/h9-13H,5-8H2,1-4H3. The molecule has 1 nitrogen and oxygen atoms in total.